The average molecular weight is 366 g/mol. The van der Waals surface area contributed by atoms with Gasteiger partial charge < -0.3 is 14.8 Å². The lowest BCUT2D eigenvalue weighted by Crippen LogP contribution is -2.52. The zero-order valence-electron chi connectivity index (χ0n) is 15.6. The minimum Gasteiger partial charge on any atom is -0.508 e. The summed E-state index contributed by atoms with van der Waals surface area (Å²) in [5, 5.41) is 11.1. The fourth-order valence-electron chi connectivity index (χ4n) is 6.89. The molecular formula is C22H26N2O3. The first-order valence-corrected chi connectivity index (χ1v) is 10.3. The van der Waals surface area contributed by atoms with Gasteiger partial charge in [-0.3, -0.25) is 9.69 Å². The maximum Gasteiger partial charge on any atom is 0.139 e. The number of methoxy groups -OCH3 is 1. The highest BCUT2D eigenvalue weighted by Gasteiger charge is 2.56. The van der Waals surface area contributed by atoms with Gasteiger partial charge in [-0.25, -0.2) is 0 Å². The Balaban J connectivity index is 1.40. The number of ether oxygens (including phenoxy) is 1. The summed E-state index contributed by atoms with van der Waals surface area (Å²) in [6, 6.07) is 6.00. The number of nitrogens with zero attached hydrogens (tertiary/aromatic N) is 1. The zero-order chi connectivity index (χ0) is 18.3. The van der Waals surface area contributed by atoms with Crippen LogP contribution in [-0.2, 0) is 16.0 Å². The fraction of sp³-hybridized carbons (Fsp3) is 0.591. The molecule has 2 N–H and O–H groups in total. The van der Waals surface area contributed by atoms with Gasteiger partial charge >= 0.3 is 0 Å². The van der Waals surface area contributed by atoms with Gasteiger partial charge in [-0.15, -0.1) is 0 Å². The highest BCUT2D eigenvalue weighted by atomic mass is 16.5. The van der Waals surface area contributed by atoms with Crippen molar-refractivity contribution in [1.29, 1.82) is 0 Å². The molecule has 2 aromatic rings. The van der Waals surface area contributed by atoms with Gasteiger partial charge in [-0.1, -0.05) is 0 Å². The lowest BCUT2D eigenvalue weighted by atomic mass is 9.65. The quantitative estimate of drug-likeness (QED) is 0.814. The molecule has 6 atom stereocenters. The van der Waals surface area contributed by atoms with E-state index in [0.29, 0.717) is 35.3 Å². The van der Waals surface area contributed by atoms with Crippen LogP contribution in [0.15, 0.2) is 18.2 Å². The van der Waals surface area contributed by atoms with Gasteiger partial charge in [-0.2, -0.15) is 0 Å². The second-order valence-electron chi connectivity index (χ2n) is 9.06. The summed E-state index contributed by atoms with van der Waals surface area (Å²) in [4.78, 5) is 19.0. The number of aromatic nitrogens is 1. The molecule has 5 heteroatoms. The number of H-pyrrole nitrogens is 1. The largest absolute Gasteiger partial charge is 0.508 e. The molecule has 0 spiro atoms. The van der Waals surface area contributed by atoms with Gasteiger partial charge in [0.2, 0.25) is 0 Å². The minimum atomic E-state index is 0.0969. The molecule has 6 rings (SSSR count). The van der Waals surface area contributed by atoms with E-state index >= 15 is 0 Å². The normalized spacial score (nSPS) is 37.9. The van der Waals surface area contributed by atoms with Gasteiger partial charge in [0.1, 0.15) is 11.5 Å². The number of benzene rings is 1. The monoisotopic (exact) mass is 366 g/mol. The van der Waals surface area contributed by atoms with Crippen molar-refractivity contribution in [2.75, 3.05) is 20.2 Å². The molecule has 0 unspecified atom stereocenters. The molecule has 2 saturated carbocycles. The van der Waals surface area contributed by atoms with E-state index in [-0.39, 0.29) is 12.0 Å². The number of phenols is 1. The Labute approximate surface area is 158 Å². The van der Waals surface area contributed by atoms with Crippen molar-refractivity contribution in [2.45, 2.75) is 37.8 Å². The minimum absolute atomic E-state index is 0.0969. The fourth-order valence-corrected chi connectivity index (χ4v) is 6.89. The van der Waals surface area contributed by atoms with E-state index in [1.807, 2.05) is 12.1 Å². The number of aromatic amines is 1. The summed E-state index contributed by atoms with van der Waals surface area (Å²) >= 11 is 0. The molecule has 1 aromatic heterocycles. The van der Waals surface area contributed by atoms with Crippen molar-refractivity contribution in [1.82, 2.24) is 9.88 Å². The topological polar surface area (TPSA) is 65.6 Å². The van der Waals surface area contributed by atoms with Crippen LogP contribution in [-0.4, -0.2) is 47.1 Å². The highest BCUT2D eigenvalue weighted by Crippen LogP contribution is 2.54. The molecule has 2 aliphatic carbocycles. The Morgan fingerprint density at radius 3 is 3.00 bits per heavy atom. The number of hydrogen-bond acceptors (Lipinski definition) is 4. The third-order valence-electron chi connectivity index (χ3n) is 7.91. The third-order valence-corrected chi connectivity index (χ3v) is 7.91. The predicted molar refractivity (Wildman–Crippen MR) is 102 cm³/mol. The van der Waals surface area contributed by atoms with Gasteiger partial charge in [0.25, 0.3) is 0 Å². The lowest BCUT2D eigenvalue weighted by Gasteiger charge is -2.51. The molecule has 3 heterocycles. The molecule has 5 nitrogen and oxygen atoms in total. The average Bonchev–Trinajstić information content (AvgIpc) is 3.13. The number of carbonyl (C=O) groups excluding carboxylic acids is 1. The number of ketones is 1. The Hall–Kier alpha value is -1.85. The third kappa shape index (κ3) is 2.15. The molecule has 27 heavy (non-hydrogen) atoms. The number of nitrogens with one attached hydrogen (secondary N) is 1. The molecule has 2 bridgehead atoms. The van der Waals surface area contributed by atoms with E-state index in [4.69, 9.17) is 4.74 Å². The van der Waals surface area contributed by atoms with E-state index in [0.717, 1.165) is 44.3 Å². The summed E-state index contributed by atoms with van der Waals surface area (Å²) in [6.45, 7) is 2.19. The van der Waals surface area contributed by atoms with Crippen LogP contribution >= 0.6 is 0 Å². The Morgan fingerprint density at radius 1 is 1.26 bits per heavy atom. The van der Waals surface area contributed by atoms with Crippen molar-refractivity contribution < 1.29 is 14.6 Å². The van der Waals surface area contributed by atoms with E-state index in [1.165, 1.54) is 16.6 Å². The van der Waals surface area contributed by atoms with Crippen LogP contribution in [0, 0.1) is 23.7 Å². The van der Waals surface area contributed by atoms with E-state index in [2.05, 4.69) is 9.88 Å². The maximum atomic E-state index is 12.7. The first kappa shape index (κ1) is 16.1. The first-order chi connectivity index (χ1) is 13.1. The molecule has 1 saturated heterocycles. The molecule has 0 radical (unpaired) electrons. The predicted octanol–water partition coefficient (Wildman–Crippen LogP) is 3.03. The lowest BCUT2D eigenvalue weighted by molar-refractivity contribution is -0.130. The number of carbonyl (C=O) groups is 1. The molecular weight excluding hydrogens is 340 g/mol. The molecule has 1 aromatic carbocycles. The van der Waals surface area contributed by atoms with Crippen LogP contribution < -0.4 is 0 Å². The maximum absolute atomic E-state index is 12.7. The number of piperidine rings is 1. The smallest absolute Gasteiger partial charge is 0.139 e. The number of fused-ring (bicyclic) bond motifs is 9. The second-order valence-corrected chi connectivity index (χ2v) is 9.06. The van der Waals surface area contributed by atoms with Crippen molar-refractivity contribution in [3.63, 3.8) is 0 Å². The first-order valence-electron chi connectivity index (χ1n) is 10.3. The number of phenolic OH excluding ortho intramolecular Hbond substituents is 1. The summed E-state index contributed by atoms with van der Waals surface area (Å²) in [5.74, 6) is 2.34. The van der Waals surface area contributed by atoms with E-state index in [1.54, 1.807) is 13.2 Å². The van der Waals surface area contributed by atoms with Crippen LogP contribution in [0.2, 0.25) is 0 Å². The summed E-state index contributed by atoms with van der Waals surface area (Å²) in [5.41, 5.74) is 3.74. The van der Waals surface area contributed by atoms with Gasteiger partial charge in [-0.05, 0) is 54.7 Å². The molecule has 0 amide bonds. The summed E-state index contributed by atoms with van der Waals surface area (Å²) in [7, 11) is 1.78. The van der Waals surface area contributed by atoms with Gasteiger partial charge in [0.15, 0.2) is 0 Å². The van der Waals surface area contributed by atoms with Crippen LogP contribution in [0.1, 0.15) is 36.6 Å². The number of Topliss-reactive ketones (excluding diaryl/α,β-unsaturated/α-hetero) is 1. The molecule has 4 aliphatic rings. The Morgan fingerprint density at radius 2 is 2.15 bits per heavy atom. The van der Waals surface area contributed by atoms with Gasteiger partial charge in [0.05, 0.1) is 12.1 Å². The van der Waals surface area contributed by atoms with E-state index < -0.39 is 0 Å². The van der Waals surface area contributed by atoms with Crippen LogP contribution in [0.5, 0.6) is 5.75 Å². The van der Waals surface area contributed by atoms with Crippen molar-refractivity contribution in [3.05, 3.63) is 29.5 Å². The number of aromatic hydroxyl groups is 1. The molecule has 3 fully saturated rings. The van der Waals surface area contributed by atoms with Crippen molar-refractivity contribution >= 4 is 16.7 Å². The summed E-state index contributed by atoms with van der Waals surface area (Å²) < 4.78 is 5.79. The zero-order valence-corrected chi connectivity index (χ0v) is 15.6. The summed E-state index contributed by atoms with van der Waals surface area (Å²) in [6.07, 6.45) is 4.09. The number of hydrogen-bond donors (Lipinski definition) is 2. The van der Waals surface area contributed by atoms with Crippen LogP contribution in [0.4, 0.5) is 0 Å². The SMILES string of the molecule is CO[C@H]1[C@@H]2CC(=O)[C@H]1[C@H]1C[C@@H]3c4[nH]c5cc(O)ccc5c4CCN3C[C@H]1C2. The standard InChI is InChI=1S/C22H26N2O3/c1-27-22-11-6-12-10-24-5-4-15-14-3-2-13(25)8-17(14)23-21(15)18(24)9-16(12)20(22)19(26)7-11/h2-3,8,11-12,16,18,20,22-23,25H,4-7,9-10H2,1H3/t11-,12+,16-,18+,20+,22-/m0/s1. The number of rotatable bonds is 1. The van der Waals surface area contributed by atoms with E-state index in [9.17, 15) is 9.90 Å². The molecule has 142 valence electrons. The Kier molecular flexibility index (Phi) is 3.34. The Bertz CT molecular complexity index is 935. The second kappa shape index (κ2) is 5.58. The van der Waals surface area contributed by atoms with Crippen LogP contribution in [0.3, 0.4) is 0 Å². The van der Waals surface area contributed by atoms with Crippen molar-refractivity contribution in [3.8, 4) is 5.75 Å². The highest BCUT2D eigenvalue weighted by molar-refractivity contribution is 5.87. The van der Waals surface area contributed by atoms with Gasteiger partial charge in [0, 0.05) is 55.2 Å². The van der Waals surface area contributed by atoms with Crippen LogP contribution in [0.25, 0.3) is 10.9 Å². The van der Waals surface area contributed by atoms with Crippen molar-refractivity contribution in [2.24, 2.45) is 23.7 Å². The molecule has 2 aliphatic heterocycles.